The van der Waals surface area contributed by atoms with Crippen LogP contribution in [0.5, 0.6) is 5.75 Å². The molecule has 0 heterocycles. The minimum absolute atomic E-state index is 0.184. The van der Waals surface area contributed by atoms with Crippen LogP contribution in [0.3, 0.4) is 0 Å². The molecule has 1 atom stereocenters. The van der Waals surface area contributed by atoms with Crippen molar-refractivity contribution in [1.29, 1.82) is 0 Å². The number of ether oxygens (including phenoxy) is 1. The average molecular weight is 509 g/mol. The molecule has 1 N–H and O–H groups in total. The Bertz CT molecular complexity index is 1330. The monoisotopic (exact) mass is 508 g/mol. The summed E-state index contributed by atoms with van der Waals surface area (Å²) in [5.74, 6) is 0.962. The summed E-state index contributed by atoms with van der Waals surface area (Å²) in [5, 5.41) is 3.09. The molecule has 0 aliphatic heterocycles. The van der Waals surface area contributed by atoms with Crippen LogP contribution >= 0.6 is 0 Å². The van der Waals surface area contributed by atoms with Gasteiger partial charge < -0.3 is 10.1 Å². The number of sulfonamides is 1. The summed E-state index contributed by atoms with van der Waals surface area (Å²) in [6.07, 6.45) is 1.20. The van der Waals surface area contributed by atoms with E-state index >= 15 is 0 Å². The Labute approximate surface area is 215 Å². The number of rotatable bonds is 9. The molecule has 3 aromatic rings. The van der Waals surface area contributed by atoms with Gasteiger partial charge in [-0.2, -0.15) is 0 Å². The molecule has 0 unspecified atom stereocenters. The predicted octanol–water partition coefficient (Wildman–Crippen LogP) is 5.89. The van der Waals surface area contributed by atoms with E-state index in [0.29, 0.717) is 17.2 Å². The lowest BCUT2D eigenvalue weighted by molar-refractivity contribution is 0.0939. The molecule has 0 spiro atoms. The highest BCUT2D eigenvalue weighted by molar-refractivity contribution is 7.92. The van der Waals surface area contributed by atoms with Crippen molar-refractivity contribution in [3.05, 3.63) is 94.0 Å². The molecule has 192 valence electrons. The second-order valence-corrected chi connectivity index (χ2v) is 11.5. The minimum Gasteiger partial charge on any atom is -0.496 e. The van der Waals surface area contributed by atoms with Gasteiger partial charge in [0.15, 0.2) is 0 Å². The molecule has 1 amide bonds. The number of hydrogen-bond acceptors (Lipinski definition) is 4. The molecule has 7 heteroatoms. The van der Waals surface area contributed by atoms with E-state index in [1.54, 1.807) is 37.4 Å². The lowest BCUT2D eigenvalue weighted by Gasteiger charge is -2.23. The number of hydrogen-bond donors (Lipinski definition) is 1. The van der Waals surface area contributed by atoms with E-state index in [1.165, 1.54) is 10.6 Å². The maximum absolute atomic E-state index is 13.0. The Morgan fingerprint density at radius 3 is 2.19 bits per heavy atom. The maximum Gasteiger partial charge on any atom is 0.251 e. The molecule has 6 nitrogen and oxygen atoms in total. The summed E-state index contributed by atoms with van der Waals surface area (Å²) in [6, 6.07) is 18.4. The Kier molecular flexibility index (Phi) is 8.46. The van der Waals surface area contributed by atoms with Crippen molar-refractivity contribution in [2.45, 2.75) is 53.1 Å². The largest absolute Gasteiger partial charge is 0.496 e. The molecule has 0 aromatic heterocycles. The van der Waals surface area contributed by atoms with E-state index in [4.69, 9.17) is 4.74 Å². The van der Waals surface area contributed by atoms with E-state index < -0.39 is 10.0 Å². The first-order valence-corrected chi connectivity index (χ1v) is 13.9. The normalized spacial score (nSPS) is 12.3. The lowest BCUT2D eigenvalue weighted by atomic mass is 9.93. The highest BCUT2D eigenvalue weighted by atomic mass is 32.2. The number of nitrogens with zero attached hydrogens (tertiary/aromatic N) is 1. The van der Waals surface area contributed by atoms with Crippen LogP contribution in [-0.2, 0) is 16.6 Å². The van der Waals surface area contributed by atoms with Gasteiger partial charge >= 0.3 is 0 Å². The van der Waals surface area contributed by atoms with Crippen LogP contribution in [0.15, 0.2) is 60.7 Å². The fourth-order valence-corrected chi connectivity index (χ4v) is 5.16. The Hall–Kier alpha value is -3.32. The van der Waals surface area contributed by atoms with Crippen molar-refractivity contribution in [2.75, 3.05) is 17.7 Å². The quantitative estimate of drug-likeness (QED) is 0.391. The van der Waals surface area contributed by atoms with Crippen molar-refractivity contribution in [1.82, 2.24) is 5.32 Å². The van der Waals surface area contributed by atoms with Gasteiger partial charge in [-0.25, -0.2) is 8.42 Å². The molecule has 36 heavy (non-hydrogen) atoms. The van der Waals surface area contributed by atoms with Crippen molar-refractivity contribution in [3.8, 4) is 5.75 Å². The van der Waals surface area contributed by atoms with Crippen LogP contribution in [0.25, 0.3) is 0 Å². The van der Waals surface area contributed by atoms with Crippen LogP contribution in [-0.4, -0.2) is 27.7 Å². The van der Waals surface area contributed by atoms with E-state index in [9.17, 15) is 13.2 Å². The molecule has 0 saturated heterocycles. The van der Waals surface area contributed by atoms with E-state index in [0.717, 1.165) is 33.6 Å². The Morgan fingerprint density at radius 2 is 1.64 bits per heavy atom. The zero-order chi connectivity index (χ0) is 26.6. The molecule has 0 bridgehead atoms. The summed E-state index contributed by atoms with van der Waals surface area (Å²) >= 11 is 0. The zero-order valence-electron chi connectivity index (χ0n) is 22.1. The van der Waals surface area contributed by atoms with Crippen molar-refractivity contribution in [3.63, 3.8) is 0 Å². The van der Waals surface area contributed by atoms with Crippen LogP contribution in [0.2, 0.25) is 0 Å². The number of carbonyl (C=O) groups excluding carboxylic acids is 1. The molecule has 3 aromatic carbocycles. The summed E-state index contributed by atoms with van der Waals surface area (Å²) in [7, 11) is -1.81. The molecule has 0 radical (unpaired) electrons. The number of amides is 1. The second-order valence-electron chi connectivity index (χ2n) is 9.61. The lowest BCUT2D eigenvalue weighted by Crippen LogP contribution is -2.29. The third-order valence-electron chi connectivity index (χ3n) is 6.29. The van der Waals surface area contributed by atoms with Crippen molar-refractivity contribution in [2.24, 2.45) is 0 Å². The van der Waals surface area contributed by atoms with Crippen molar-refractivity contribution >= 4 is 21.6 Å². The number of nitrogens with one attached hydrogen (secondary N) is 1. The first-order valence-electron chi connectivity index (χ1n) is 12.0. The van der Waals surface area contributed by atoms with E-state index in [-0.39, 0.29) is 18.5 Å². The molecular formula is C29H36N2O4S. The SMILES string of the molecule is COc1cc(C)c([C@H](C)NC(=O)c2ccc(CN(c3cccc(C)c3)S(C)(=O)=O)cc2)cc1C(C)C. The van der Waals surface area contributed by atoms with Gasteiger partial charge in [-0.15, -0.1) is 0 Å². The van der Waals surface area contributed by atoms with Crippen LogP contribution in [0, 0.1) is 13.8 Å². The van der Waals surface area contributed by atoms with Gasteiger partial charge in [0.05, 0.1) is 31.6 Å². The minimum atomic E-state index is -3.48. The molecule has 0 aliphatic carbocycles. The smallest absolute Gasteiger partial charge is 0.251 e. The first-order chi connectivity index (χ1) is 16.9. The third kappa shape index (κ3) is 6.46. The third-order valence-corrected chi connectivity index (χ3v) is 7.43. The van der Waals surface area contributed by atoms with E-state index in [1.807, 2.05) is 45.0 Å². The van der Waals surface area contributed by atoms with Gasteiger partial charge in [0.25, 0.3) is 5.91 Å². The predicted molar refractivity (Wildman–Crippen MR) is 146 cm³/mol. The van der Waals surface area contributed by atoms with Gasteiger partial charge in [0.2, 0.25) is 10.0 Å². The van der Waals surface area contributed by atoms with Crippen LogP contribution in [0.1, 0.15) is 70.9 Å². The first kappa shape index (κ1) is 27.3. The summed E-state index contributed by atoms with van der Waals surface area (Å²) in [4.78, 5) is 13.0. The van der Waals surface area contributed by atoms with Crippen molar-refractivity contribution < 1.29 is 17.9 Å². The molecule has 0 saturated carbocycles. The van der Waals surface area contributed by atoms with Gasteiger partial charge in [-0.3, -0.25) is 9.10 Å². The second kappa shape index (κ2) is 11.2. The summed E-state index contributed by atoms with van der Waals surface area (Å²) in [5.41, 5.74) is 6.11. The highest BCUT2D eigenvalue weighted by Crippen LogP contribution is 2.32. The fraction of sp³-hybridized carbons (Fsp3) is 0.345. The molecular weight excluding hydrogens is 472 g/mol. The topological polar surface area (TPSA) is 75.7 Å². The van der Waals surface area contributed by atoms with Gasteiger partial charge in [-0.1, -0.05) is 38.1 Å². The number of carbonyl (C=O) groups is 1. The maximum atomic E-state index is 13.0. The van der Waals surface area contributed by atoms with Crippen LogP contribution in [0.4, 0.5) is 5.69 Å². The Morgan fingerprint density at radius 1 is 0.972 bits per heavy atom. The average Bonchev–Trinajstić information content (AvgIpc) is 2.81. The number of methoxy groups -OCH3 is 1. The number of aryl methyl sites for hydroxylation is 2. The van der Waals surface area contributed by atoms with E-state index in [2.05, 4.69) is 25.2 Å². The summed E-state index contributed by atoms with van der Waals surface area (Å²) in [6.45, 7) is 10.3. The highest BCUT2D eigenvalue weighted by Gasteiger charge is 2.20. The molecule has 0 fully saturated rings. The van der Waals surface area contributed by atoms with Gasteiger partial charge in [0.1, 0.15) is 5.75 Å². The summed E-state index contributed by atoms with van der Waals surface area (Å²) < 4.78 is 31.8. The Balaban J connectivity index is 1.77. The molecule has 0 aliphatic rings. The number of benzene rings is 3. The standard InChI is InChI=1S/C29H36N2O4S/c1-19(2)26-17-27(21(4)16-28(26)35-6)22(5)30-29(32)24-13-11-23(12-14-24)18-31(36(7,33)34)25-10-8-9-20(3)15-25/h8-17,19,22H,18H2,1-7H3,(H,30,32)/t22-/m0/s1. The number of anilines is 1. The zero-order valence-corrected chi connectivity index (χ0v) is 22.9. The van der Waals surface area contributed by atoms with Gasteiger partial charge in [-0.05, 0) is 90.9 Å². The fourth-order valence-electron chi connectivity index (χ4n) is 4.28. The van der Waals surface area contributed by atoms with Gasteiger partial charge in [0, 0.05) is 5.56 Å². The van der Waals surface area contributed by atoms with Crippen LogP contribution < -0.4 is 14.4 Å². The molecule has 3 rings (SSSR count).